The summed E-state index contributed by atoms with van der Waals surface area (Å²) < 4.78 is 1.22. The predicted molar refractivity (Wildman–Crippen MR) is 83.6 cm³/mol. The fourth-order valence-corrected chi connectivity index (χ4v) is 3.18. The van der Waals surface area contributed by atoms with Crippen LogP contribution in [0.3, 0.4) is 0 Å². The van der Waals surface area contributed by atoms with Gasteiger partial charge in [-0.15, -0.1) is 11.3 Å². The Kier molecular flexibility index (Phi) is 4.77. The highest BCUT2D eigenvalue weighted by Gasteiger charge is 2.12. The molecule has 6 heteroatoms. The van der Waals surface area contributed by atoms with E-state index in [1.165, 1.54) is 15.9 Å². The van der Waals surface area contributed by atoms with Crippen LogP contribution in [0.25, 0.3) is 10.2 Å². The smallest absolute Gasteiger partial charge is 0.326 e. The van der Waals surface area contributed by atoms with Gasteiger partial charge >= 0.3 is 5.69 Å². The van der Waals surface area contributed by atoms with E-state index in [9.17, 15) is 9.59 Å². The van der Waals surface area contributed by atoms with Gasteiger partial charge in [0, 0.05) is 17.5 Å². The van der Waals surface area contributed by atoms with Gasteiger partial charge in [0.15, 0.2) is 0 Å². The lowest BCUT2D eigenvalue weighted by molar-refractivity contribution is 0.513. The van der Waals surface area contributed by atoms with Crippen molar-refractivity contribution in [2.45, 2.75) is 52.1 Å². The Morgan fingerprint density at radius 1 is 1.40 bits per heavy atom. The van der Waals surface area contributed by atoms with Gasteiger partial charge in [-0.3, -0.25) is 14.3 Å². The number of fused-ring (bicyclic) bond motifs is 1. The number of unbranched alkanes of at least 4 members (excludes halogenated alkanes) is 1. The average molecular weight is 295 g/mol. The molecule has 0 spiro atoms. The van der Waals surface area contributed by atoms with Crippen molar-refractivity contribution < 1.29 is 0 Å². The van der Waals surface area contributed by atoms with Crippen LogP contribution in [0.5, 0.6) is 0 Å². The van der Waals surface area contributed by atoms with E-state index in [1.807, 2.05) is 13.0 Å². The van der Waals surface area contributed by atoms with E-state index in [4.69, 9.17) is 5.73 Å². The first-order valence-corrected chi connectivity index (χ1v) is 7.89. The zero-order valence-corrected chi connectivity index (χ0v) is 12.8. The quantitative estimate of drug-likeness (QED) is 0.853. The standard InChI is InChI=1S/C14H21N3O2S/c1-3-5-6-10-7-11-12(20-10)16-14(19)17(13(11)18)8-9(15)4-2/h7,9H,3-6,8,15H2,1-2H3,(H,16,19). The molecule has 3 N–H and O–H groups in total. The number of aryl methyl sites for hydroxylation is 1. The highest BCUT2D eigenvalue weighted by molar-refractivity contribution is 7.18. The maximum atomic E-state index is 12.4. The first kappa shape index (κ1) is 15.0. The average Bonchev–Trinajstić information content (AvgIpc) is 2.83. The molecule has 0 aliphatic carbocycles. The molecule has 2 rings (SSSR count). The number of thiophene rings is 1. The molecule has 2 aromatic rings. The summed E-state index contributed by atoms with van der Waals surface area (Å²) in [6.45, 7) is 4.34. The van der Waals surface area contributed by atoms with E-state index < -0.39 is 0 Å². The van der Waals surface area contributed by atoms with Crippen LogP contribution in [-0.4, -0.2) is 15.6 Å². The number of nitrogens with two attached hydrogens (primary N) is 1. The van der Waals surface area contributed by atoms with Gasteiger partial charge in [-0.05, 0) is 25.3 Å². The van der Waals surface area contributed by atoms with Crippen molar-refractivity contribution in [3.8, 4) is 0 Å². The Morgan fingerprint density at radius 3 is 2.80 bits per heavy atom. The lowest BCUT2D eigenvalue weighted by Crippen LogP contribution is -2.40. The summed E-state index contributed by atoms with van der Waals surface area (Å²) in [6, 6.07) is 1.73. The molecule has 0 aliphatic heterocycles. The van der Waals surface area contributed by atoms with E-state index >= 15 is 0 Å². The predicted octanol–water partition coefficient (Wildman–Crippen LogP) is 1.83. The number of H-pyrrole nitrogens is 1. The fraction of sp³-hybridized carbons (Fsp3) is 0.571. The van der Waals surface area contributed by atoms with Crippen molar-refractivity contribution in [3.05, 3.63) is 31.8 Å². The van der Waals surface area contributed by atoms with Crippen molar-refractivity contribution in [3.63, 3.8) is 0 Å². The van der Waals surface area contributed by atoms with Gasteiger partial charge < -0.3 is 5.73 Å². The fourth-order valence-electron chi connectivity index (χ4n) is 2.10. The van der Waals surface area contributed by atoms with E-state index in [-0.39, 0.29) is 23.8 Å². The van der Waals surface area contributed by atoms with Crippen molar-refractivity contribution >= 4 is 21.6 Å². The number of aromatic amines is 1. The van der Waals surface area contributed by atoms with Crippen LogP contribution < -0.4 is 17.0 Å². The maximum Gasteiger partial charge on any atom is 0.329 e. The topological polar surface area (TPSA) is 80.9 Å². The Morgan fingerprint density at radius 2 is 2.15 bits per heavy atom. The molecular formula is C14H21N3O2S. The first-order valence-electron chi connectivity index (χ1n) is 7.07. The lowest BCUT2D eigenvalue weighted by atomic mass is 10.2. The summed E-state index contributed by atoms with van der Waals surface area (Å²) >= 11 is 1.50. The number of nitrogens with one attached hydrogen (secondary N) is 1. The minimum atomic E-state index is -0.365. The van der Waals surface area contributed by atoms with Gasteiger partial charge in [0.05, 0.1) is 5.39 Å². The van der Waals surface area contributed by atoms with Crippen LogP contribution in [-0.2, 0) is 13.0 Å². The molecule has 110 valence electrons. The van der Waals surface area contributed by atoms with Gasteiger partial charge in [-0.25, -0.2) is 4.79 Å². The minimum absolute atomic E-state index is 0.176. The number of nitrogens with zero attached hydrogens (tertiary/aromatic N) is 1. The highest BCUT2D eigenvalue weighted by atomic mass is 32.1. The third-order valence-corrected chi connectivity index (χ3v) is 4.55. The summed E-state index contributed by atoms with van der Waals surface area (Å²) in [5.41, 5.74) is 5.25. The summed E-state index contributed by atoms with van der Waals surface area (Å²) in [7, 11) is 0. The molecule has 2 aromatic heterocycles. The van der Waals surface area contributed by atoms with Gasteiger partial charge in [0.1, 0.15) is 4.83 Å². The molecule has 1 atom stereocenters. The molecule has 2 heterocycles. The van der Waals surface area contributed by atoms with Crippen molar-refractivity contribution in [2.75, 3.05) is 0 Å². The number of aromatic nitrogens is 2. The molecule has 5 nitrogen and oxygen atoms in total. The number of hydrogen-bond donors (Lipinski definition) is 2. The van der Waals surface area contributed by atoms with Crippen molar-refractivity contribution in [2.24, 2.45) is 5.73 Å². The minimum Gasteiger partial charge on any atom is -0.326 e. The van der Waals surface area contributed by atoms with E-state index in [0.29, 0.717) is 10.2 Å². The Hall–Kier alpha value is -1.40. The van der Waals surface area contributed by atoms with Gasteiger partial charge in [0.2, 0.25) is 0 Å². The largest absolute Gasteiger partial charge is 0.329 e. The van der Waals surface area contributed by atoms with Gasteiger partial charge in [-0.1, -0.05) is 20.3 Å². The van der Waals surface area contributed by atoms with E-state index in [1.54, 1.807) is 0 Å². The second kappa shape index (κ2) is 6.37. The molecule has 0 amide bonds. The first-order chi connectivity index (χ1) is 9.56. The second-order valence-electron chi connectivity index (χ2n) is 5.07. The van der Waals surface area contributed by atoms with Crippen molar-refractivity contribution in [1.82, 2.24) is 9.55 Å². The molecule has 0 aromatic carbocycles. The molecule has 1 unspecified atom stereocenters. The molecule has 0 saturated heterocycles. The SMILES string of the molecule is CCCCc1cc2c(=O)n(CC(N)CC)c(=O)[nH]c2s1. The molecule has 0 radical (unpaired) electrons. The zero-order chi connectivity index (χ0) is 14.7. The molecule has 20 heavy (non-hydrogen) atoms. The Balaban J connectivity index is 2.46. The normalized spacial score (nSPS) is 12.9. The highest BCUT2D eigenvalue weighted by Crippen LogP contribution is 2.21. The summed E-state index contributed by atoms with van der Waals surface area (Å²) in [5, 5.41) is 0.601. The van der Waals surface area contributed by atoms with Crippen LogP contribution >= 0.6 is 11.3 Å². The molecule has 0 aliphatic rings. The maximum absolute atomic E-state index is 12.4. The van der Waals surface area contributed by atoms with Gasteiger partial charge in [0.25, 0.3) is 5.56 Å². The molecule has 0 bridgehead atoms. The Bertz CT molecular complexity index is 698. The molecular weight excluding hydrogens is 274 g/mol. The number of rotatable bonds is 6. The number of hydrogen-bond acceptors (Lipinski definition) is 4. The van der Waals surface area contributed by atoms with Crippen LogP contribution in [0, 0.1) is 0 Å². The second-order valence-corrected chi connectivity index (χ2v) is 6.21. The lowest BCUT2D eigenvalue weighted by Gasteiger charge is -2.09. The van der Waals surface area contributed by atoms with Crippen LogP contribution in [0.15, 0.2) is 15.7 Å². The van der Waals surface area contributed by atoms with Gasteiger partial charge in [-0.2, -0.15) is 0 Å². The van der Waals surface area contributed by atoms with E-state index in [0.717, 1.165) is 30.6 Å². The van der Waals surface area contributed by atoms with Crippen LogP contribution in [0.2, 0.25) is 0 Å². The molecule has 0 fully saturated rings. The summed E-state index contributed by atoms with van der Waals surface area (Å²) in [5.74, 6) is 0. The van der Waals surface area contributed by atoms with Crippen LogP contribution in [0.1, 0.15) is 38.0 Å². The molecule has 0 saturated carbocycles. The Labute approximate surface area is 121 Å². The third kappa shape index (κ3) is 3.02. The van der Waals surface area contributed by atoms with E-state index in [2.05, 4.69) is 11.9 Å². The summed E-state index contributed by atoms with van der Waals surface area (Å²) in [6.07, 6.45) is 3.88. The zero-order valence-electron chi connectivity index (χ0n) is 11.9. The summed E-state index contributed by atoms with van der Waals surface area (Å²) in [4.78, 5) is 29.0. The third-order valence-electron chi connectivity index (χ3n) is 3.44. The monoisotopic (exact) mass is 295 g/mol. The van der Waals surface area contributed by atoms with Crippen LogP contribution in [0.4, 0.5) is 0 Å². The van der Waals surface area contributed by atoms with Crippen molar-refractivity contribution in [1.29, 1.82) is 0 Å².